The molecule has 0 amide bonds. The number of carbonyl (C=O) groups excluding carboxylic acids is 4. The second-order valence-electron chi connectivity index (χ2n) is 11.6. The minimum absolute atomic E-state index is 0.397. The Hall–Kier alpha value is -3.68. The van der Waals surface area contributed by atoms with Crippen molar-refractivity contribution in [3.8, 4) is 23.0 Å². The number of carbonyl (C=O) groups is 4. The number of unbranched alkanes of at least 4 members (excludes halogenated alkanes) is 11. The summed E-state index contributed by atoms with van der Waals surface area (Å²) < 4.78 is 21.3. The van der Waals surface area contributed by atoms with Crippen LogP contribution in [0.15, 0.2) is 24.3 Å². The maximum Gasteiger partial charge on any atom is 0.308 e. The molecular weight excluding hydrogens is 560 g/mol. The number of hydrogen-bond donors (Lipinski definition) is 0. The first-order valence-electron chi connectivity index (χ1n) is 16.0. The first-order chi connectivity index (χ1) is 21.0. The van der Waals surface area contributed by atoms with Crippen molar-refractivity contribution in [2.75, 3.05) is 0 Å². The van der Waals surface area contributed by atoms with E-state index in [2.05, 4.69) is 0 Å². The van der Waals surface area contributed by atoms with Crippen molar-refractivity contribution in [3.05, 3.63) is 46.5 Å². The van der Waals surface area contributed by atoms with Crippen LogP contribution in [0.25, 0.3) is 0 Å². The van der Waals surface area contributed by atoms with Crippen LogP contribution in [0, 0.1) is 13.8 Å². The highest BCUT2D eigenvalue weighted by Gasteiger charge is 2.14. The molecule has 0 aliphatic carbocycles. The molecule has 0 saturated carbocycles. The predicted octanol–water partition coefficient (Wildman–Crippen LogP) is 8.47. The SMILES string of the molecule is CC(=O)Oc1cc(CCCCCCCCCCCCCCc2cc(OC(C)=O)c(C)c(OC(C)=O)c2)cc(OC(C)=O)c1C. The van der Waals surface area contributed by atoms with E-state index < -0.39 is 23.9 Å². The van der Waals surface area contributed by atoms with Crippen molar-refractivity contribution in [2.24, 2.45) is 0 Å². The molecule has 0 aromatic heterocycles. The van der Waals surface area contributed by atoms with Crippen molar-refractivity contribution in [1.29, 1.82) is 0 Å². The van der Waals surface area contributed by atoms with Crippen LogP contribution in [0.2, 0.25) is 0 Å². The minimum Gasteiger partial charge on any atom is -0.426 e. The van der Waals surface area contributed by atoms with E-state index in [9.17, 15) is 19.2 Å². The zero-order valence-corrected chi connectivity index (χ0v) is 27.5. The number of esters is 4. The second-order valence-corrected chi connectivity index (χ2v) is 11.6. The van der Waals surface area contributed by atoms with E-state index in [-0.39, 0.29) is 0 Å². The summed E-state index contributed by atoms with van der Waals surface area (Å²) in [5, 5.41) is 0. The normalized spacial score (nSPS) is 10.8. The zero-order chi connectivity index (χ0) is 32.5. The van der Waals surface area contributed by atoms with E-state index in [4.69, 9.17) is 18.9 Å². The lowest BCUT2D eigenvalue weighted by atomic mass is 10.0. The Balaban J connectivity index is 1.58. The molecule has 0 saturated heterocycles. The van der Waals surface area contributed by atoms with Crippen LogP contribution in [-0.4, -0.2) is 23.9 Å². The van der Waals surface area contributed by atoms with Crippen LogP contribution in [-0.2, 0) is 32.0 Å². The molecule has 8 heteroatoms. The fourth-order valence-electron chi connectivity index (χ4n) is 5.19. The van der Waals surface area contributed by atoms with E-state index in [1.165, 1.54) is 79.1 Å². The largest absolute Gasteiger partial charge is 0.426 e. The molecule has 0 fully saturated rings. The van der Waals surface area contributed by atoms with Crippen LogP contribution in [0.4, 0.5) is 0 Å². The van der Waals surface area contributed by atoms with E-state index in [1.54, 1.807) is 13.8 Å². The Morgan fingerprint density at radius 3 is 0.818 bits per heavy atom. The molecule has 0 bridgehead atoms. The highest BCUT2D eigenvalue weighted by Crippen LogP contribution is 2.32. The van der Waals surface area contributed by atoms with Crippen molar-refractivity contribution in [3.63, 3.8) is 0 Å². The van der Waals surface area contributed by atoms with E-state index in [0.29, 0.717) is 34.1 Å². The molecule has 0 radical (unpaired) electrons. The Kier molecular flexibility index (Phi) is 16.2. The fraction of sp³-hybridized carbons (Fsp3) is 0.556. The number of ether oxygens (including phenoxy) is 4. The number of rotatable bonds is 19. The fourth-order valence-corrected chi connectivity index (χ4v) is 5.19. The average Bonchev–Trinajstić information content (AvgIpc) is 2.92. The lowest BCUT2D eigenvalue weighted by Gasteiger charge is -2.13. The molecular formula is C36H50O8. The lowest BCUT2D eigenvalue weighted by molar-refractivity contribution is -0.133. The molecule has 2 aromatic carbocycles. The van der Waals surface area contributed by atoms with Crippen molar-refractivity contribution >= 4 is 23.9 Å². The maximum absolute atomic E-state index is 11.5. The van der Waals surface area contributed by atoms with Gasteiger partial charge in [0.15, 0.2) is 0 Å². The highest BCUT2D eigenvalue weighted by atomic mass is 16.6. The molecule has 0 heterocycles. The summed E-state index contributed by atoms with van der Waals surface area (Å²) in [5.41, 5.74) is 3.29. The third kappa shape index (κ3) is 14.2. The molecule has 0 aliphatic rings. The molecule has 8 nitrogen and oxygen atoms in total. The Bertz CT molecular complexity index is 1090. The third-order valence-electron chi connectivity index (χ3n) is 7.44. The van der Waals surface area contributed by atoms with Crippen LogP contribution in [0.1, 0.15) is 127 Å². The monoisotopic (exact) mass is 610 g/mol. The second kappa shape index (κ2) is 19.6. The predicted molar refractivity (Wildman–Crippen MR) is 170 cm³/mol. The van der Waals surface area contributed by atoms with Crippen LogP contribution in [0.5, 0.6) is 23.0 Å². The van der Waals surface area contributed by atoms with Gasteiger partial charge >= 0.3 is 23.9 Å². The van der Waals surface area contributed by atoms with Gasteiger partial charge < -0.3 is 18.9 Å². The first kappa shape index (κ1) is 36.5. The first-order valence-corrected chi connectivity index (χ1v) is 16.0. The van der Waals surface area contributed by atoms with Gasteiger partial charge in [-0.2, -0.15) is 0 Å². The Morgan fingerprint density at radius 1 is 0.409 bits per heavy atom. The molecule has 0 atom stereocenters. The number of benzene rings is 2. The van der Waals surface area contributed by atoms with Gasteiger partial charge in [-0.15, -0.1) is 0 Å². The lowest BCUT2D eigenvalue weighted by Crippen LogP contribution is -2.07. The summed E-state index contributed by atoms with van der Waals surface area (Å²) in [7, 11) is 0. The highest BCUT2D eigenvalue weighted by molar-refractivity contribution is 5.73. The van der Waals surface area contributed by atoms with Gasteiger partial charge in [0.2, 0.25) is 0 Å². The van der Waals surface area contributed by atoms with E-state index >= 15 is 0 Å². The van der Waals surface area contributed by atoms with Crippen molar-refractivity contribution in [2.45, 2.75) is 131 Å². The molecule has 0 spiro atoms. The van der Waals surface area contributed by atoms with E-state index in [0.717, 1.165) is 49.7 Å². The number of aryl methyl sites for hydroxylation is 2. The molecule has 0 aliphatic heterocycles. The van der Waals surface area contributed by atoms with Crippen LogP contribution >= 0.6 is 0 Å². The van der Waals surface area contributed by atoms with Gasteiger partial charge in [-0.25, -0.2) is 0 Å². The van der Waals surface area contributed by atoms with Crippen LogP contribution < -0.4 is 18.9 Å². The Morgan fingerprint density at radius 2 is 0.614 bits per heavy atom. The van der Waals surface area contributed by atoms with Crippen molar-refractivity contribution in [1.82, 2.24) is 0 Å². The molecule has 44 heavy (non-hydrogen) atoms. The topological polar surface area (TPSA) is 105 Å². The number of hydrogen-bond acceptors (Lipinski definition) is 8. The molecule has 2 aromatic rings. The van der Waals surface area contributed by atoms with Crippen molar-refractivity contribution < 1.29 is 38.1 Å². The summed E-state index contributed by atoms with van der Waals surface area (Å²) in [6.07, 6.45) is 15.9. The molecule has 242 valence electrons. The standard InChI is InChI=1S/C36H50O8/c1-25-33(41-27(3)37)21-31(22-34(25)42-28(4)38)19-17-15-13-11-9-7-8-10-12-14-16-18-20-32-23-35(43-29(5)39)26(2)36(24-32)44-30(6)40/h21-24H,7-20H2,1-6H3. The summed E-state index contributed by atoms with van der Waals surface area (Å²) in [6, 6.07) is 7.48. The van der Waals surface area contributed by atoms with Gasteiger partial charge in [0.25, 0.3) is 0 Å². The maximum atomic E-state index is 11.5. The summed E-state index contributed by atoms with van der Waals surface area (Å²) in [6.45, 7) is 9.01. The van der Waals surface area contributed by atoms with Gasteiger partial charge in [-0.3, -0.25) is 19.2 Å². The quantitative estimate of drug-likeness (QED) is 0.0886. The van der Waals surface area contributed by atoms with Gasteiger partial charge in [-0.1, -0.05) is 64.2 Å². The van der Waals surface area contributed by atoms with E-state index in [1.807, 2.05) is 24.3 Å². The Labute approximate surface area is 262 Å². The zero-order valence-electron chi connectivity index (χ0n) is 27.5. The molecule has 2 rings (SSSR count). The molecule has 0 N–H and O–H groups in total. The average molecular weight is 611 g/mol. The molecule has 0 unspecified atom stereocenters. The smallest absolute Gasteiger partial charge is 0.308 e. The summed E-state index contributed by atoms with van der Waals surface area (Å²) in [4.78, 5) is 45.9. The van der Waals surface area contributed by atoms with Gasteiger partial charge in [-0.05, 0) is 74.9 Å². The summed E-state index contributed by atoms with van der Waals surface area (Å²) >= 11 is 0. The summed E-state index contributed by atoms with van der Waals surface area (Å²) in [5.74, 6) is 0.199. The van der Waals surface area contributed by atoms with Crippen LogP contribution in [0.3, 0.4) is 0 Å². The third-order valence-corrected chi connectivity index (χ3v) is 7.44. The van der Waals surface area contributed by atoms with Gasteiger partial charge in [0, 0.05) is 38.8 Å². The van der Waals surface area contributed by atoms with Gasteiger partial charge in [0.1, 0.15) is 23.0 Å². The van der Waals surface area contributed by atoms with Gasteiger partial charge in [0.05, 0.1) is 0 Å². The minimum atomic E-state index is -0.397.